The van der Waals surface area contributed by atoms with Gasteiger partial charge in [0, 0.05) is 22.5 Å². The van der Waals surface area contributed by atoms with Crippen molar-refractivity contribution in [2.45, 2.75) is 0 Å². The Morgan fingerprint density at radius 1 is 0.304 bits per heavy atom. The highest BCUT2D eigenvalue weighted by Crippen LogP contribution is 2.51. The van der Waals surface area contributed by atoms with Crippen LogP contribution in [0, 0.1) is 0 Å². The van der Waals surface area contributed by atoms with Crippen molar-refractivity contribution >= 4 is 44.3 Å². The van der Waals surface area contributed by atoms with Crippen molar-refractivity contribution in [3.63, 3.8) is 0 Å². The average Bonchev–Trinajstić information content (AvgIpc) is 3.13. The molecule has 46 heavy (non-hydrogen) atoms. The van der Waals surface area contributed by atoms with Gasteiger partial charge in [0.05, 0.1) is 11.4 Å². The molecule has 0 spiro atoms. The van der Waals surface area contributed by atoms with Crippen LogP contribution in [0.3, 0.4) is 0 Å². The maximum Gasteiger partial charge on any atom is 0.0716 e. The van der Waals surface area contributed by atoms with E-state index in [1.165, 1.54) is 38.2 Å². The van der Waals surface area contributed by atoms with E-state index in [-0.39, 0.29) is 0 Å². The second kappa shape index (κ2) is 12.1. The number of para-hydroxylation sites is 2. The van der Waals surface area contributed by atoms with Gasteiger partial charge in [-0.15, -0.1) is 0 Å². The molecule has 2 heteroatoms. The number of benzene rings is 8. The van der Waals surface area contributed by atoms with Crippen molar-refractivity contribution in [1.82, 2.24) is 0 Å². The molecule has 0 heterocycles. The summed E-state index contributed by atoms with van der Waals surface area (Å²) in [7, 11) is 0. The molecule has 0 aliphatic carbocycles. The fourth-order valence-electron chi connectivity index (χ4n) is 6.51. The Bertz CT molecular complexity index is 2280. The molecule has 0 fully saturated rings. The Labute approximate surface area is 269 Å². The topological polar surface area (TPSA) is 24.1 Å². The van der Waals surface area contributed by atoms with Gasteiger partial charge in [0.1, 0.15) is 0 Å². The molecule has 0 aliphatic rings. The minimum atomic E-state index is 1.02. The summed E-state index contributed by atoms with van der Waals surface area (Å²) in [6.45, 7) is 0. The summed E-state index contributed by atoms with van der Waals surface area (Å²) in [5.41, 5.74) is 11.0. The standard InChI is InChI=1S/C44H32N2/c1-4-16-33(17-5-1)40-30-41(38-28-14-20-31-18-10-12-26-36(31)38)42(39-29-15-21-32-19-11-13-27-37(32)39)44(46-35-24-8-3-9-25-35)43(40)45-34-22-6-2-7-23-34/h1-30,45-46H. The van der Waals surface area contributed by atoms with Gasteiger partial charge >= 0.3 is 0 Å². The van der Waals surface area contributed by atoms with Crippen LogP contribution >= 0.6 is 0 Å². The summed E-state index contributed by atoms with van der Waals surface area (Å²) in [6, 6.07) is 64.6. The first-order chi connectivity index (χ1) is 22.8. The van der Waals surface area contributed by atoms with Gasteiger partial charge in [0.15, 0.2) is 0 Å². The smallest absolute Gasteiger partial charge is 0.0716 e. The van der Waals surface area contributed by atoms with Gasteiger partial charge in [0.25, 0.3) is 0 Å². The first kappa shape index (κ1) is 27.4. The second-order valence-corrected chi connectivity index (χ2v) is 11.5. The lowest BCUT2D eigenvalue weighted by Crippen LogP contribution is -2.04. The predicted octanol–water partition coefficient (Wildman–Crippen LogP) is 12.5. The monoisotopic (exact) mass is 588 g/mol. The van der Waals surface area contributed by atoms with Gasteiger partial charge in [-0.1, -0.05) is 152 Å². The molecule has 8 aromatic rings. The van der Waals surface area contributed by atoms with E-state index in [0.717, 1.165) is 39.4 Å². The lowest BCUT2D eigenvalue weighted by Gasteiger charge is -2.26. The Morgan fingerprint density at radius 3 is 1.37 bits per heavy atom. The number of hydrogen-bond acceptors (Lipinski definition) is 2. The molecule has 0 saturated carbocycles. The van der Waals surface area contributed by atoms with E-state index >= 15 is 0 Å². The minimum Gasteiger partial charge on any atom is -0.353 e. The van der Waals surface area contributed by atoms with E-state index < -0.39 is 0 Å². The van der Waals surface area contributed by atoms with Crippen molar-refractivity contribution in [3.8, 4) is 33.4 Å². The zero-order valence-corrected chi connectivity index (χ0v) is 25.3. The Balaban J connectivity index is 1.56. The van der Waals surface area contributed by atoms with Crippen molar-refractivity contribution in [1.29, 1.82) is 0 Å². The molecular formula is C44H32N2. The summed E-state index contributed by atoms with van der Waals surface area (Å²) in [5, 5.41) is 12.7. The maximum absolute atomic E-state index is 3.93. The molecule has 0 atom stereocenters. The highest BCUT2D eigenvalue weighted by Gasteiger charge is 2.24. The zero-order valence-electron chi connectivity index (χ0n) is 25.3. The third-order valence-corrected chi connectivity index (χ3v) is 8.64. The normalized spacial score (nSPS) is 11.0. The third kappa shape index (κ3) is 5.16. The van der Waals surface area contributed by atoms with Gasteiger partial charge in [0.2, 0.25) is 0 Å². The molecule has 8 rings (SSSR count). The largest absolute Gasteiger partial charge is 0.353 e. The van der Waals surface area contributed by atoms with Crippen molar-refractivity contribution in [3.05, 3.63) is 182 Å². The first-order valence-electron chi connectivity index (χ1n) is 15.7. The van der Waals surface area contributed by atoms with Crippen LogP contribution in [0.5, 0.6) is 0 Å². The van der Waals surface area contributed by atoms with E-state index in [1.54, 1.807) is 0 Å². The highest BCUT2D eigenvalue weighted by atomic mass is 15.0. The summed E-state index contributed by atoms with van der Waals surface area (Å²) in [5.74, 6) is 0. The van der Waals surface area contributed by atoms with Gasteiger partial charge in [-0.25, -0.2) is 0 Å². The molecule has 218 valence electrons. The van der Waals surface area contributed by atoms with Crippen LogP contribution in [0.2, 0.25) is 0 Å². The van der Waals surface area contributed by atoms with Crippen molar-refractivity contribution < 1.29 is 0 Å². The third-order valence-electron chi connectivity index (χ3n) is 8.64. The van der Waals surface area contributed by atoms with Crippen LogP contribution in [0.4, 0.5) is 22.7 Å². The summed E-state index contributed by atoms with van der Waals surface area (Å²) < 4.78 is 0. The quantitative estimate of drug-likeness (QED) is 0.193. The summed E-state index contributed by atoms with van der Waals surface area (Å²) in [4.78, 5) is 0. The molecule has 2 N–H and O–H groups in total. The lowest BCUT2D eigenvalue weighted by molar-refractivity contribution is 1.48. The molecule has 0 bridgehead atoms. The van der Waals surface area contributed by atoms with Crippen LogP contribution in [-0.4, -0.2) is 0 Å². The van der Waals surface area contributed by atoms with Gasteiger partial charge in [-0.3, -0.25) is 0 Å². The highest BCUT2D eigenvalue weighted by molar-refractivity contribution is 6.13. The Kier molecular flexibility index (Phi) is 7.22. The van der Waals surface area contributed by atoms with Crippen molar-refractivity contribution in [2.24, 2.45) is 0 Å². The van der Waals surface area contributed by atoms with Crippen LogP contribution < -0.4 is 10.6 Å². The number of rotatable bonds is 7. The molecule has 0 aliphatic heterocycles. The molecule has 0 saturated heterocycles. The molecule has 8 aromatic carbocycles. The van der Waals surface area contributed by atoms with E-state index in [4.69, 9.17) is 0 Å². The fraction of sp³-hybridized carbons (Fsp3) is 0. The Hall–Kier alpha value is -6.12. The number of nitrogens with one attached hydrogen (secondary N) is 2. The van der Waals surface area contributed by atoms with Gasteiger partial charge in [-0.2, -0.15) is 0 Å². The van der Waals surface area contributed by atoms with E-state index in [0.29, 0.717) is 0 Å². The second-order valence-electron chi connectivity index (χ2n) is 11.5. The average molecular weight is 589 g/mol. The predicted molar refractivity (Wildman–Crippen MR) is 197 cm³/mol. The molecule has 2 nitrogen and oxygen atoms in total. The number of anilines is 4. The lowest BCUT2D eigenvalue weighted by atomic mass is 9.84. The van der Waals surface area contributed by atoms with Crippen LogP contribution in [0.25, 0.3) is 54.9 Å². The summed E-state index contributed by atoms with van der Waals surface area (Å²) in [6.07, 6.45) is 0. The van der Waals surface area contributed by atoms with Gasteiger partial charge < -0.3 is 10.6 Å². The van der Waals surface area contributed by atoms with Crippen molar-refractivity contribution in [2.75, 3.05) is 10.6 Å². The number of fused-ring (bicyclic) bond motifs is 2. The molecule has 0 amide bonds. The van der Waals surface area contributed by atoms with Crippen LogP contribution in [0.15, 0.2) is 182 Å². The maximum atomic E-state index is 3.93. The first-order valence-corrected chi connectivity index (χ1v) is 15.7. The SMILES string of the molecule is c1ccc(Nc2c(-c3ccccc3)cc(-c3cccc4ccccc34)c(-c3cccc4ccccc34)c2Nc2ccccc2)cc1. The fourth-order valence-corrected chi connectivity index (χ4v) is 6.51. The van der Waals surface area contributed by atoms with Gasteiger partial charge in [-0.05, 0) is 74.1 Å². The van der Waals surface area contributed by atoms with E-state index in [2.05, 4.69) is 193 Å². The Morgan fingerprint density at radius 2 is 0.761 bits per heavy atom. The number of hydrogen-bond donors (Lipinski definition) is 2. The summed E-state index contributed by atoms with van der Waals surface area (Å²) >= 11 is 0. The van der Waals surface area contributed by atoms with E-state index in [9.17, 15) is 0 Å². The molecule has 0 unspecified atom stereocenters. The molecule has 0 aromatic heterocycles. The van der Waals surface area contributed by atoms with Crippen LogP contribution in [-0.2, 0) is 0 Å². The molecule has 0 radical (unpaired) electrons. The molecular weight excluding hydrogens is 556 g/mol. The van der Waals surface area contributed by atoms with Crippen LogP contribution in [0.1, 0.15) is 0 Å². The van der Waals surface area contributed by atoms with E-state index in [1.807, 2.05) is 0 Å². The zero-order chi connectivity index (χ0) is 30.7. The minimum absolute atomic E-state index is 1.02.